The summed E-state index contributed by atoms with van der Waals surface area (Å²) < 4.78 is 1.35. The van der Waals surface area contributed by atoms with Crippen LogP contribution in [0.3, 0.4) is 0 Å². The van der Waals surface area contributed by atoms with E-state index in [1.165, 1.54) is 10.7 Å². The van der Waals surface area contributed by atoms with Gasteiger partial charge in [-0.3, -0.25) is 4.98 Å². The number of hydrogen-bond acceptors (Lipinski definition) is 4. The van der Waals surface area contributed by atoms with Crippen molar-refractivity contribution in [2.45, 2.75) is 0 Å². The number of nitrogens with one attached hydrogen (secondary N) is 1. The van der Waals surface area contributed by atoms with E-state index < -0.39 is 0 Å². The highest BCUT2D eigenvalue weighted by molar-refractivity contribution is 6.42. The van der Waals surface area contributed by atoms with Crippen LogP contribution in [0.25, 0.3) is 28.0 Å². The van der Waals surface area contributed by atoms with Crippen molar-refractivity contribution in [3.05, 3.63) is 69.6 Å². The van der Waals surface area contributed by atoms with E-state index in [1.807, 2.05) is 6.07 Å². The van der Waals surface area contributed by atoms with Gasteiger partial charge in [0.1, 0.15) is 6.33 Å². The fraction of sp³-hybridized carbons (Fsp3) is 0. The Morgan fingerprint density at radius 3 is 2.54 bits per heavy atom. The molecule has 0 radical (unpaired) electrons. The second kappa shape index (κ2) is 5.74. The Bertz CT molecular complexity index is 1100. The number of nitrogens with zero attached hydrogens (tertiary/aromatic N) is 4. The van der Waals surface area contributed by atoms with Gasteiger partial charge in [0.15, 0.2) is 5.65 Å². The van der Waals surface area contributed by atoms with Gasteiger partial charge in [0.25, 0.3) is 0 Å². The maximum absolute atomic E-state index is 12.3. The van der Waals surface area contributed by atoms with Crippen molar-refractivity contribution >= 4 is 28.8 Å². The molecule has 0 unspecified atom stereocenters. The fourth-order valence-corrected chi connectivity index (χ4v) is 2.85. The Balaban J connectivity index is 2.12. The largest absolute Gasteiger partial charge is 0.333 e. The van der Waals surface area contributed by atoms with Gasteiger partial charge in [-0.2, -0.15) is 0 Å². The molecule has 0 saturated heterocycles. The first kappa shape index (κ1) is 14.9. The molecule has 1 aromatic carbocycles. The van der Waals surface area contributed by atoms with E-state index in [1.54, 1.807) is 36.7 Å². The third kappa shape index (κ3) is 2.36. The first-order valence-electron chi connectivity index (χ1n) is 6.97. The Morgan fingerprint density at radius 2 is 1.79 bits per heavy atom. The number of rotatable bonds is 2. The van der Waals surface area contributed by atoms with Gasteiger partial charge in [-0.05, 0) is 29.8 Å². The zero-order valence-electron chi connectivity index (χ0n) is 12.1. The lowest BCUT2D eigenvalue weighted by Gasteiger charge is -2.11. The number of pyridine rings is 1. The van der Waals surface area contributed by atoms with Gasteiger partial charge >= 0.3 is 5.69 Å². The number of H-pyrrole nitrogens is 1. The van der Waals surface area contributed by atoms with Crippen molar-refractivity contribution in [2.24, 2.45) is 0 Å². The van der Waals surface area contributed by atoms with Gasteiger partial charge in [-0.15, -0.1) is 10.2 Å². The van der Waals surface area contributed by atoms with E-state index in [9.17, 15) is 4.79 Å². The summed E-state index contributed by atoms with van der Waals surface area (Å²) in [6, 6.07) is 8.87. The molecule has 0 aliphatic heterocycles. The van der Waals surface area contributed by atoms with Gasteiger partial charge in [0, 0.05) is 18.0 Å². The first-order valence-corrected chi connectivity index (χ1v) is 7.72. The molecule has 0 bridgehead atoms. The molecule has 0 amide bonds. The molecule has 24 heavy (non-hydrogen) atoms. The molecular weight excluding hydrogens is 349 g/mol. The monoisotopic (exact) mass is 357 g/mol. The molecule has 0 atom stereocenters. The van der Waals surface area contributed by atoms with Crippen molar-refractivity contribution in [2.75, 3.05) is 0 Å². The van der Waals surface area contributed by atoms with Crippen LogP contribution in [0.4, 0.5) is 0 Å². The predicted molar refractivity (Wildman–Crippen MR) is 92.3 cm³/mol. The molecular formula is C16H9Cl2N5O. The third-order valence-corrected chi connectivity index (χ3v) is 4.39. The lowest BCUT2D eigenvalue weighted by atomic mass is 10.0. The van der Waals surface area contributed by atoms with Crippen LogP contribution in [0.1, 0.15) is 0 Å². The molecule has 118 valence electrons. The number of benzene rings is 1. The molecule has 6 nitrogen and oxygen atoms in total. The Morgan fingerprint density at radius 1 is 1.00 bits per heavy atom. The molecule has 3 heterocycles. The van der Waals surface area contributed by atoms with Crippen molar-refractivity contribution in [1.82, 2.24) is 24.6 Å². The zero-order valence-corrected chi connectivity index (χ0v) is 13.6. The van der Waals surface area contributed by atoms with Crippen LogP contribution >= 0.6 is 23.2 Å². The Kier molecular flexibility index (Phi) is 3.55. The average Bonchev–Trinajstić information content (AvgIpc) is 3.08. The molecule has 0 aliphatic rings. The lowest BCUT2D eigenvalue weighted by molar-refractivity contribution is 1.000. The van der Waals surface area contributed by atoms with Crippen LogP contribution in [0.5, 0.6) is 0 Å². The van der Waals surface area contributed by atoms with E-state index in [0.717, 1.165) is 11.1 Å². The molecule has 0 saturated carbocycles. The van der Waals surface area contributed by atoms with Crippen LogP contribution in [0.2, 0.25) is 10.0 Å². The number of hydrogen-bond donors (Lipinski definition) is 1. The van der Waals surface area contributed by atoms with Gasteiger partial charge in [0.05, 0.1) is 21.3 Å². The van der Waals surface area contributed by atoms with Crippen LogP contribution < -0.4 is 5.69 Å². The molecule has 8 heteroatoms. The summed E-state index contributed by atoms with van der Waals surface area (Å²) in [6.07, 6.45) is 4.67. The minimum Gasteiger partial charge on any atom is -0.306 e. The smallest absolute Gasteiger partial charge is 0.306 e. The van der Waals surface area contributed by atoms with Crippen molar-refractivity contribution in [1.29, 1.82) is 0 Å². The van der Waals surface area contributed by atoms with Crippen molar-refractivity contribution in [3.63, 3.8) is 0 Å². The number of fused-ring (bicyclic) bond motifs is 1. The minimum atomic E-state index is -0.328. The third-order valence-electron chi connectivity index (χ3n) is 3.65. The summed E-state index contributed by atoms with van der Waals surface area (Å²) >= 11 is 12.2. The summed E-state index contributed by atoms with van der Waals surface area (Å²) in [4.78, 5) is 19.2. The van der Waals surface area contributed by atoms with Crippen LogP contribution in [-0.4, -0.2) is 24.6 Å². The molecule has 0 fully saturated rings. The summed E-state index contributed by atoms with van der Waals surface area (Å²) in [5, 5.41) is 8.81. The topological polar surface area (TPSA) is 75.9 Å². The zero-order chi connectivity index (χ0) is 16.7. The van der Waals surface area contributed by atoms with Gasteiger partial charge in [-0.1, -0.05) is 29.3 Å². The maximum atomic E-state index is 12.3. The Hall–Kier alpha value is -2.70. The van der Waals surface area contributed by atoms with Crippen molar-refractivity contribution in [3.8, 4) is 22.4 Å². The summed E-state index contributed by atoms with van der Waals surface area (Å²) in [6.45, 7) is 0. The summed E-state index contributed by atoms with van der Waals surface area (Å²) in [7, 11) is 0. The molecule has 3 aromatic heterocycles. The first-order chi connectivity index (χ1) is 11.6. The van der Waals surface area contributed by atoms with Crippen LogP contribution in [0.15, 0.2) is 53.8 Å². The molecule has 0 spiro atoms. The van der Waals surface area contributed by atoms with E-state index in [2.05, 4.69) is 20.2 Å². The quantitative estimate of drug-likeness (QED) is 0.596. The lowest BCUT2D eigenvalue weighted by Crippen LogP contribution is -2.17. The van der Waals surface area contributed by atoms with E-state index in [0.29, 0.717) is 26.9 Å². The summed E-state index contributed by atoms with van der Waals surface area (Å²) in [5.74, 6) is 0. The Labute approximate surface area is 145 Å². The summed E-state index contributed by atoms with van der Waals surface area (Å²) in [5.41, 5.74) is 2.99. The normalized spacial score (nSPS) is 11.1. The van der Waals surface area contributed by atoms with Crippen LogP contribution in [0, 0.1) is 0 Å². The standard InChI is InChI=1S/C16H9Cl2N5O/c17-11-2-1-10(7-12(11)18)13-14(9-3-5-19-6-4-9)21-16(24)23-8-20-22-15(13)23/h1-8H,(H,21,24). The molecule has 4 rings (SSSR count). The molecule has 0 aliphatic carbocycles. The second-order valence-corrected chi connectivity index (χ2v) is 5.88. The highest BCUT2D eigenvalue weighted by atomic mass is 35.5. The minimum absolute atomic E-state index is 0.328. The highest BCUT2D eigenvalue weighted by Crippen LogP contribution is 2.35. The van der Waals surface area contributed by atoms with E-state index >= 15 is 0 Å². The SMILES string of the molecule is O=c1[nH]c(-c2ccncc2)c(-c2ccc(Cl)c(Cl)c2)c2nncn12. The van der Waals surface area contributed by atoms with Crippen LogP contribution in [-0.2, 0) is 0 Å². The van der Waals surface area contributed by atoms with Gasteiger partial charge < -0.3 is 4.98 Å². The molecule has 4 aromatic rings. The highest BCUT2D eigenvalue weighted by Gasteiger charge is 2.17. The van der Waals surface area contributed by atoms with Crippen molar-refractivity contribution < 1.29 is 0 Å². The number of halogens is 2. The second-order valence-electron chi connectivity index (χ2n) is 5.07. The fourth-order valence-electron chi connectivity index (χ4n) is 2.56. The predicted octanol–water partition coefficient (Wildman–Crippen LogP) is 3.45. The maximum Gasteiger partial charge on any atom is 0.333 e. The average molecular weight is 358 g/mol. The van der Waals surface area contributed by atoms with Gasteiger partial charge in [0.2, 0.25) is 0 Å². The number of aromatic amines is 1. The number of aromatic nitrogens is 5. The van der Waals surface area contributed by atoms with E-state index in [4.69, 9.17) is 23.2 Å². The van der Waals surface area contributed by atoms with E-state index in [-0.39, 0.29) is 5.69 Å². The van der Waals surface area contributed by atoms with Gasteiger partial charge in [-0.25, -0.2) is 9.20 Å². The molecule has 1 N–H and O–H groups in total.